The van der Waals surface area contributed by atoms with E-state index in [2.05, 4.69) is 18.3 Å². The second kappa shape index (κ2) is 5.46. The Hall–Kier alpha value is -0.870. The zero-order valence-electron chi connectivity index (χ0n) is 10.3. The van der Waals surface area contributed by atoms with Crippen LogP contribution >= 0.6 is 11.3 Å². The van der Waals surface area contributed by atoms with Gasteiger partial charge in [-0.05, 0) is 39.8 Å². The quantitative estimate of drug-likeness (QED) is 0.879. The van der Waals surface area contributed by atoms with E-state index in [1.165, 1.54) is 9.75 Å². The van der Waals surface area contributed by atoms with Crippen molar-refractivity contribution in [3.05, 3.63) is 21.9 Å². The minimum absolute atomic E-state index is 0.0685. The van der Waals surface area contributed by atoms with Crippen LogP contribution in [0.5, 0.6) is 0 Å². The fourth-order valence-electron chi connectivity index (χ4n) is 1.10. The molecule has 0 aliphatic heterocycles. The predicted octanol–water partition coefficient (Wildman–Crippen LogP) is 2.49. The van der Waals surface area contributed by atoms with Crippen molar-refractivity contribution in [2.75, 3.05) is 6.61 Å². The van der Waals surface area contributed by atoms with Crippen LogP contribution in [0.3, 0.4) is 0 Å². The molecule has 16 heavy (non-hydrogen) atoms. The molecule has 0 radical (unpaired) electrons. The van der Waals surface area contributed by atoms with Gasteiger partial charge < -0.3 is 10.1 Å². The highest BCUT2D eigenvalue weighted by atomic mass is 32.1. The van der Waals surface area contributed by atoms with E-state index in [0.717, 1.165) is 0 Å². The Bertz CT molecular complexity index is 352. The Morgan fingerprint density at radius 1 is 1.44 bits per heavy atom. The van der Waals surface area contributed by atoms with Crippen LogP contribution < -0.4 is 5.32 Å². The van der Waals surface area contributed by atoms with Crippen molar-refractivity contribution in [3.8, 4) is 0 Å². The molecule has 0 saturated heterocycles. The van der Waals surface area contributed by atoms with E-state index < -0.39 is 0 Å². The minimum atomic E-state index is -0.267. The van der Waals surface area contributed by atoms with E-state index in [-0.39, 0.29) is 18.1 Å². The number of rotatable bonds is 4. The molecule has 0 aromatic carbocycles. The Kier molecular flexibility index (Phi) is 4.50. The van der Waals surface area contributed by atoms with Crippen LogP contribution in [0.4, 0.5) is 0 Å². The average molecular weight is 241 g/mol. The summed E-state index contributed by atoms with van der Waals surface area (Å²) in [6, 6.07) is 4.09. The second-order valence-corrected chi connectivity index (χ2v) is 6.06. The summed E-state index contributed by atoms with van der Waals surface area (Å²) in [5.41, 5.74) is -0.267. The van der Waals surface area contributed by atoms with Gasteiger partial charge in [0.05, 0.1) is 12.1 Å². The van der Waals surface area contributed by atoms with E-state index in [1.54, 1.807) is 11.3 Å². The van der Waals surface area contributed by atoms with Crippen LogP contribution in [0, 0.1) is 6.92 Å². The van der Waals surface area contributed by atoms with Gasteiger partial charge >= 0.3 is 0 Å². The number of nitrogens with one attached hydrogen (secondary N) is 1. The Morgan fingerprint density at radius 2 is 2.12 bits per heavy atom. The van der Waals surface area contributed by atoms with E-state index >= 15 is 0 Å². The maximum absolute atomic E-state index is 11.4. The first-order valence-corrected chi connectivity index (χ1v) is 6.14. The standard InChI is InChI=1S/C12H19NO2S/c1-9-5-6-10(16-9)7-13-11(14)8-15-12(2,3)4/h5-6H,7-8H2,1-4H3,(H,13,14). The summed E-state index contributed by atoms with van der Waals surface area (Å²) in [7, 11) is 0. The third-order valence-electron chi connectivity index (χ3n) is 1.89. The first kappa shape index (κ1) is 13.2. The predicted molar refractivity (Wildman–Crippen MR) is 66.6 cm³/mol. The molecule has 90 valence electrons. The van der Waals surface area contributed by atoms with Gasteiger partial charge in [0, 0.05) is 9.75 Å². The molecular formula is C12H19NO2S. The molecule has 1 aromatic heterocycles. The first-order valence-electron chi connectivity index (χ1n) is 5.33. The van der Waals surface area contributed by atoms with Gasteiger partial charge in [-0.15, -0.1) is 11.3 Å². The summed E-state index contributed by atoms with van der Waals surface area (Å²) in [4.78, 5) is 13.9. The molecule has 4 heteroatoms. The molecule has 0 aliphatic carbocycles. The summed E-state index contributed by atoms with van der Waals surface area (Å²) in [5.74, 6) is -0.0685. The van der Waals surface area contributed by atoms with Crippen molar-refractivity contribution in [1.29, 1.82) is 0 Å². The topological polar surface area (TPSA) is 38.3 Å². The van der Waals surface area contributed by atoms with Crippen molar-refractivity contribution >= 4 is 17.2 Å². The van der Waals surface area contributed by atoms with Crippen LogP contribution in [0.15, 0.2) is 12.1 Å². The monoisotopic (exact) mass is 241 g/mol. The summed E-state index contributed by atoms with van der Waals surface area (Å²) < 4.78 is 5.38. The molecule has 0 fully saturated rings. The van der Waals surface area contributed by atoms with Crippen LogP contribution in [0.25, 0.3) is 0 Å². The number of thiophene rings is 1. The molecular weight excluding hydrogens is 222 g/mol. The highest BCUT2D eigenvalue weighted by Crippen LogP contribution is 2.14. The lowest BCUT2D eigenvalue weighted by atomic mass is 10.2. The molecule has 3 nitrogen and oxygen atoms in total. The second-order valence-electron chi connectivity index (χ2n) is 4.69. The number of amides is 1. The van der Waals surface area contributed by atoms with Crippen molar-refractivity contribution in [3.63, 3.8) is 0 Å². The van der Waals surface area contributed by atoms with E-state index in [9.17, 15) is 4.79 Å². The molecule has 0 atom stereocenters. The summed E-state index contributed by atoms with van der Waals surface area (Å²) >= 11 is 1.70. The minimum Gasteiger partial charge on any atom is -0.366 e. The van der Waals surface area contributed by atoms with Crippen molar-refractivity contribution < 1.29 is 9.53 Å². The number of carbonyl (C=O) groups excluding carboxylic acids is 1. The zero-order chi connectivity index (χ0) is 12.2. The lowest BCUT2D eigenvalue weighted by molar-refractivity contribution is -0.130. The molecule has 0 bridgehead atoms. The van der Waals surface area contributed by atoms with Gasteiger partial charge in [-0.25, -0.2) is 0 Å². The zero-order valence-corrected chi connectivity index (χ0v) is 11.1. The van der Waals surface area contributed by atoms with Gasteiger partial charge in [0.2, 0.25) is 5.91 Å². The average Bonchev–Trinajstić information content (AvgIpc) is 2.57. The van der Waals surface area contributed by atoms with Crippen LogP contribution in [-0.4, -0.2) is 18.1 Å². The van der Waals surface area contributed by atoms with Gasteiger partial charge in [-0.2, -0.15) is 0 Å². The first-order chi connectivity index (χ1) is 7.37. The fraction of sp³-hybridized carbons (Fsp3) is 0.583. The van der Waals surface area contributed by atoms with Gasteiger partial charge in [-0.3, -0.25) is 4.79 Å². The van der Waals surface area contributed by atoms with Gasteiger partial charge in [0.15, 0.2) is 0 Å². The van der Waals surface area contributed by atoms with Gasteiger partial charge in [-0.1, -0.05) is 0 Å². The number of hydrogen-bond acceptors (Lipinski definition) is 3. The number of aryl methyl sites for hydroxylation is 1. The Balaban J connectivity index is 2.25. The normalized spacial score (nSPS) is 11.5. The molecule has 0 spiro atoms. The largest absolute Gasteiger partial charge is 0.366 e. The molecule has 1 aromatic rings. The lowest BCUT2D eigenvalue weighted by Gasteiger charge is -2.18. The van der Waals surface area contributed by atoms with Crippen LogP contribution in [0.1, 0.15) is 30.5 Å². The van der Waals surface area contributed by atoms with E-state index in [1.807, 2.05) is 26.8 Å². The van der Waals surface area contributed by atoms with Crippen LogP contribution in [0.2, 0.25) is 0 Å². The van der Waals surface area contributed by atoms with Crippen molar-refractivity contribution in [1.82, 2.24) is 5.32 Å². The lowest BCUT2D eigenvalue weighted by Crippen LogP contribution is -2.31. The Morgan fingerprint density at radius 3 is 2.62 bits per heavy atom. The molecule has 1 amide bonds. The highest BCUT2D eigenvalue weighted by molar-refractivity contribution is 7.11. The van der Waals surface area contributed by atoms with E-state index in [0.29, 0.717) is 6.54 Å². The van der Waals surface area contributed by atoms with Gasteiger partial charge in [0.25, 0.3) is 0 Å². The number of carbonyl (C=O) groups is 1. The number of hydrogen-bond donors (Lipinski definition) is 1. The third-order valence-corrected chi connectivity index (χ3v) is 2.89. The molecule has 0 saturated carbocycles. The summed E-state index contributed by atoms with van der Waals surface area (Å²) in [6.07, 6.45) is 0. The SMILES string of the molecule is Cc1ccc(CNC(=O)COC(C)(C)C)s1. The molecule has 0 unspecified atom stereocenters. The molecule has 1 heterocycles. The van der Waals surface area contributed by atoms with E-state index in [4.69, 9.17) is 4.74 Å². The summed E-state index contributed by atoms with van der Waals surface area (Å²) in [5, 5.41) is 2.83. The highest BCUT2D eigenvalue weighted by Gasteiger charge is 2.12. The third kappa shape index (κ3) is 5.28. The van der Waals surface area contributed by atoms with Crippen LogP contribution in [-0.2, 0) is 16.1 Å². The molecule has 1 N–H and O–H groups in total. The fourth-order valence-corrected chi connectivity index (χ4v) is 1.93. The molecule has 1 rings (SSSR count). The maximum Gasteiger partial charge on any atom is 0.246 e. The van der Waals surface area contributed by atoms with Crippen molar-refractivity contribution in [2.45, 2.75) is 39.8 Å². The Labute approximate surface area is 101 Å². The summed E-state index contributed by atoms with van der Waals surface area (Å²) in [6.45, 7) is 8.56. The van der Waals surface area contributed by atoms with Gasteiger partial charge in [0.1, 0.15) is 6.61 Å². The smallest absolute Gasteiger partial charge is 0.246 e. The maximum atomic E-state index is 11.4. The molecule has 0 aliphatic rings. The van der Waals surface area contributed by atoms with Crippen molar-refractivity contribution in [2.24, 2.45) is 0 Å². The number of ether oxygens (including phenoxy) is 1.